The fourth-order valence-electron chi connectivity index (χ4n) is 2.42. The minimum absolute atomic E-state index is 0.0498. The molecule has 1 aromatic carbocycles. The third-order valence-electron chi connectivity index (χ3n) is 3.47. The summed E-state index contributed by atoms with van der Waals surface area (Å²) in [7, 11) is 0. The van der Waals surface area contributed by atoms with Gasteiger partial charge in [-0.15, -0.1) is 0 Å². The molecule has 0 bridgehead atoms. The van der Waals surface area contributed by atoms with Crippen molar-refractivity contribution in [2.24, 2.45) is 0 Å². The summed E-state index contributed by atoms with van der Waals surface area (Å²) in [6.45, 7) is 5.69. The molecule has 0 spiro atoms. The maximum Gasteiger partial charge on any atom is 0.348 e. The van der Waals surface area contributed by atoms with Crippen molar-refractivity contribution in [2.45, 2.75) is 20.8 Å². The normalized spacial score (nSPS) is 11.2. The second-order valence-corrected chi connectivity index (χ2v) is 5.03. The van der Waals surface area contributed by atoms with Gasteiger partial charge in [-0.3, -0.25) is 0 Å². The van der Waals surface area contributed by atoms with E-state index in [9.17, 15) is 9.18 Å². The number of hydrogen-bond acceptors (Lipinski definition) is 3. The smallest absolute Gasteiger partial charge is 0.348 e. The van der Waals surface area contributed by atoms with E-state index in [1.807, 2.05) is 30.6 Å². The Kier molecular flexibility index (Phi) is 4.97. The van der Waals surface area contributed by atoms with Crippen LogP contribution in [0.15, 0.2) is 35.9 Å². The monoisotopic (exact) mass is 312 g/mol. The van der Waals surface area contributed by atoms with E-state index >= 15 is 0 Å². The van der Waals surface area contributed by atoms with Crippen molar-refractivity contribution < 1.29 is 13.9 Å². The Morgan fingerprint density at radius 1 is 1.35 bits per heavy atom. The highest BCUT2D eigenvalue weighted by atomic mass is 19.1. The van der Waals surface area contributed by atoms with Gasteiger partial charge in [0.05, 0.1) is 6.61 Å². The van der Waals surface area contributed by atoms with Gasteiger partial charge in [0.2, 0.25) is 0 Å². The van der Waals surface area contributed by atoms with Crippen molar-refractivity contribution in [3.63, 3.8) is 0 Å². The first-order valence-electron chi connectivity index (χ1n) is 7.21. The molecule has 0 radical (unpaired) electrons. The number of benzene rings is 1. The molecular weight excluding hydrogens is 295 g/mol. The van der Waals surface area contributed by atoms with Crippen molar-refractivity contribution >= 4 is 12.0 Å². The number of ether oxygens (including phenoxy) is 1. The number of rotatable bonds is 4. The summed E-state index contributed by atoms with van der Waals surface area (Å²) in [5.74, 6) is -0.938. The quantitative estimate of drug-likeness (QED) is 0.491. The van der Waals surface area contributed by atoms with Gasteiger partial charge in [0.15, 0.2) is 0 Å². The number of carbonyl (C=O) groups excluding carboxylic acids is 1. The van der Waals surface area contributed by atoms with Gasteiger partial charge in [0, 0.05) is 17.1 Å². The summed E-state index contributed by atoms with van der Waals surface area (Å²) in [5, 5.41) is 9.13. The molecule has 2 rings (SSSR count). The van der Waals surface area contributed by atoms with Crippen LogP contribution in [0, 0.1) is 31.0 Å². The topological polar surface area (TPSA) is 55.0 Å². The zero-order chi connectivity index (χ0) is 17.0. The molecule has 0 saturated carbocycles. The van der Waals surface area contributed by atoms with E-state index in [1.165, 1.54) is 18.2 Å². The van der Waals surface area contributed by atoms with Gasteiger partial charge in [-0.25, -0.2) is 9.18 Å². The van der Waals surface area contributed by atoms with E-state index in [0.717, 1.165) is 22.6 Å². The summed E-state index contributed by atoms with van der Waals surface area (Å²) < 4.78 is 19.9. The minimum atomic E-state index is -0.637. The molecule has 0 fully saturated rings. The van der Waals surface area contributed by atoms with Crippen LogP contribution in [-0.4, -0.2) is 17.1 Å². The minimum Gasteiger partial charge on any atom is -0.462 e. The van der Waals surface area contributed by atoms with Crippen molar-refractivity contribution in [3.05, 3.63) is 58.7 Å². The average molecular weight is 312 g/mol. The van der Waals surface area contributed by atoms with E-state index in [4.69, 9.17) is 10.00 Å². The molecule has 0 saturated heterocycles. The highest BCUT2D eigenvalue weighted by molar-refractivity contribution is 5.98. The molecule has 1 aromatic heterocycles. The van der Waals surface area contributed by atoms with Crippen LogP contribution in [0.5, 0.6) is 0 Å². The molecule has 0 unspecified atom stereocenters. The van der Waals surface area contributed by atoms with Crippen LogP contribution >= 0.6 is 0 Å². The van der Waals surface area contributed by atoms with Crippen molar-refractivity contribution in [1.29, 1.82) is 5.26 Å². The van der Waals surface area contributed by atoms with Crippen molar-refractivity contribution in [3.8, 4) is 11.8 Å². The zero-order valence-electron chi connectivity index (χ0n) is 13.3. The summed E-state index contributed by atoms with van der Waals surface area (Å²) in [6, 6.07) is 9.88. The second kappa shape index (κ2) is 6.93. The van der Waals surface area contributed by atoms with E-state index in [-0.39, 0.29) is 18.0 Å². The predicted molar refractivity (Wildman–Crippen MR) is 85.4 cm³/mol. The third-order valence-corrected chi connectivity index (χ3v) is 3.47. The van der Waals surface area contributed by atoms with Crippen LogP contribution in [-0.2, 0) is 9.53 Å². The van der Waals surface area contributed by atoms with Crippen LogP contribution in [0.2, 0.25) is 0 Å². The molecule has 2 aromatic rings. The van der Waals surface area contributed by atoms with Crippen LogP contribution in [0.4, 0.5) is 4.39 Å². The number of aryl methyl sites for hydroxylation is 1. The Balaban J connectivity index is 2.47. The number of nitriles is 1. The molecule has 118 valence electrons. The summed E-state index contributed by atoms with van der Waals surface area (Å²) in [6.07, 6.45) is 1.51. The number of carbonyl (C=O) groups is 1. The lowest BCUT2D eigenvalue weighted by Gasteiger charge is -2.09. The SMILES string of the molecule is CCOC(=O)C(C#N)=Cc1cc(C)n(-c2ccc(F)cc2)c1C. The van der Waals surface area contributed by atoms with E-state index in [1.54, 1.807) is 19.1 Å². The van der Waals surface area contributed by atoms with E-state index in [0.29, 0.717) is 0 Å². The second-order valence-electron chi connectivity index (χ2n) is 5.03. The van der Waals surface area contributed by atoms with Gasteiger partial charge in [0.1, 0.15) is 17.5 Å². The largest absolute Gasteiger partial charge is 0.462 e. The van der Waals surface area contributed by atoms with Crippen LogP contribution in [0.1, 0.15) is 23.9 Å². The lowest BCUT2D eigenvalue weighted by molar-refractivity contribution is -0.137. The number of esters is 1. The number of nitrogens with zero attached hydrogens (tertiary/aromatic N) is 2. The van der Waals surface area contributed by atoms with Crippen LogP contribution in [0.25, 0.3) is 11.8 Å². The fourth-order valence-corrected chi connectivity index (χ4v) is 2.42. The van der Waals surface area contributed by atoms with E-state index in [2.05, 4.69) is 0 Å². The van der Waals surface area contributed by atoms with Gasteiger partial charge in [-0.1, -0.05) is 0 Å². The zero-order valence-corrected chi connectivity index (χ0v) is 13.3. The summed E-state index contributed by atoms with van der Waals surface area (Å²) in [4.78, 5) is 11.7. The maximum absolute atomic E-state index is 13.1. The maximum atomic E-state index is 13.1. The van der Waals surface area contributed by atoms with Gasteiger partial charge in [0.25, 0.3) is 0 Å². The first-order chi connectivity index (χ1) is 11.0. The standard InChI is InChI=1S/C18H17FN2O2/c1-4-23-18(22)15(11-20)10-14-9-12(2)21(13(14)3)17-7-5-16(19)6-8-17/h5-10H,4H2,1-3H3. The molecule has 0 aliphatic carbocycles. The summed E-state index contributed by atoms with van der Waals surface area (Å²) in [5.41, 5.74) is 3.28. The molecule has 0 N–H and O–H groups in total. The van der Waals surface area contributed by atoms with E-state index < -0.39 is 5.97 Å². The lowest BCUT2D eigenvalue weighted by Crippen LogP contribution is -2.06. The molecule has 0 atom stereocenters. The van der Waals surface area contributed by atoms with Gasteiger partial charge in [-0.05, 0) is 62.7 Å². The Morgan fingerprint density at radius 3 is 2.57 bits per heavy atom. The molecule has 0 aliphatic rings. The molecule has 4 nitrogen and oxygen atoms in total. The van der Waals surface area contributed by atoms with Crippen LogP contribution < -0.4 is 0 Å². The summed E-state index contributed by atoms with van der Waals surface area (Å²) >= 11 is 0. The molecule has 5 heteroatoms. The first-order valence-corrected chi connectivity index (χ1v) is 7.21. The Labute approximate surface area is 134 Å². The highest BCUT2D eigenvalue weighted by Gasteiger charge is 2.14. The Bertz CT molecular complexity index is 796. The lowest BCUT2D eigenvalue weighted by atomic mass is 10.1. The molecule has 0 aliphatic heterocycles. The number of aromatic nitrogens is 1. The molecule has 23 heavy (non-hydrogen) atoms. The number of halogens is 1. The highest BCUT2D eigenvalue weighted by Crippen LogP contribution is 2.23. The molecular formula is C18H17FN2O2. The fraction of sp³-hybridized carbons (Fsp3) is 0.222. The Hall–Kier alpha value is -2.87. The average Bonchev–Trinajstić information content (AvgIpc) is 2.80. The predicted octanol–water partition coefficient (Wildman–Crippen LogP) is 3.70. The van der Waals surface area contributed by atoms with Gasteiger partial charge >= 0.3 is 5.97 Å². The number of hydrogen-bond donors (Lipinski definition) is 0. The Morgan fingerprint density at radius 2 is 2.00 bits per heavy atom. The van der Waals surface area contributed by atoms with Crippen molar-refractivity contribution in [2.75, 3.05) is 6.61 Å². The van der Waals surface area contributed by atoms with Crippen LogP contribution in [0.3, 0.4) is 0 Å². The van der Waals surface area contributed by atoms with Gasteiger partial charge in [-0.2, -0.15) is 5.26 Å². The molecule has 1 heterocycles. The molecule has 0 amide bonds. The first kappa shape index (κ1) is 16.5. The third kappa shape index (κ3) is 3.49. The van der Waals surface area contributed by atoms with Crippen molar-refractivity contribution in [1.82, 2.24) is 4.57 Å². The van der Waals surface area contributed by atoms with Gasteiger partial charge < -0.3 is 9.30 Å².